The number of carbonyl (C=O) groups is 1. The van der Waals surface area contributed by atoms with Gasteiger partial charge in [0.2, 0.25) is 0 Å². The summed E-state index contributed by atoms with van der Waals surface area (Å²) in [7, 11) is 1.46. The van der Waals surface area contributed by atoms with Crippen molar-refractivity contribution in [1.82, 2.24) is 0 Å². The number of rotatable bonds is 15. The van der Waals surface area contributed by atoms with Gasteiger partial charge in [0.1, 0.15) is 0 Å². The van der Waals surface area contributed by atoms with Gasteiger partial charge in [-0.1, -0.05) is 64.0 Å². The molecule has 21 heavy (non-hydrogen) atoms. The van der Waals surface area contributed by atoms with Crippen LogP contribution in [0.1, 0.15) is 84.0 Å². The molecule has 0 rings (SSSR count). The molecule has 124 valence electrons. The number of aliphatic carboxylic acids is 1. The molecule has 3 nitrogen and oxygen atoms in total. The van der Waals surface area contributed by atoms with E-state index in [1.807, 2.05) is 0 Å². The van der Waals surface area contributed by atoms with Crippen LogP contribution in [0.2, 0.25) is 0 Å². The van der Waals surface area contributed by atoms with Crippen molar-refractivity contribution in [3.05, 3.63) is 12.2 Å². The first-order valence-electron chi connectivity index (χ1n) is 8.63. The van der Waals surface area contributed by atoms with E-state index in [9.17, 15) is 4.79 Å². The first kappa shape index (κ1) is 20.2. The van der Waals surface area contributed by atoms with Crippen molar-refractivity contribution in [2.75, 3.05) is 7.11 Å². The fourth-order valence-corrected chi connectivity index (χ4v) is 2.40. The highest BCUT2D eigenvalue weighted by Gasteiger charge is 2.14. The molecule has 0 amide bonds. The van der Waals surface area contributed by atoms with Gasteiger partial charge < -0.3 is 9.84 Å². The highest BCUT2D eigenvalue weighted by molar-refractivity contribution is 5.72. The van der Waals surface area contributed by atoms with E-state index in [1.54, 1.807) is 0 Å². The molecule has 1 unspecified atom stereocenters. The first-order valence-corrected chi connectivity index (χ1v) is 8.63. The molecule has 0 saturated carbocycles. The zero-order valence-corrected chi connectivity index (χ0v) is 14.0. The van der Waals surface area contributed by atoms with Crippen LogP contribution in [-0.4, -0.2) is 24.3 Å². The van der Waals surface area contributed by atoms with E-state index in [2.05, 4.69) is 19.1 Å². The highest BCUT2D eigenvalue weighted by Crippen LogP contribution is 2.10. The quantitative estimate of drug-likeness (QED) is 0.328. The van der Waals surface area contributed by atoms with Gasteiger partial charge in [-0.3, -0.25) is 0 Å². The van der Waals surface area contributed by atoms with Crippen LogP contribution in [0.4, 0.5) is 0 Å². The van der Waals surface area contributed by atoms with Gasteiger partial charge >= 0.3 is 5.97 Å². The summed E-state index contributed by atoms with van der Waals surface area (Å²) in [5.41, 5.74) is 0. The van der Waals surface area contributed by atoms with Gasteiger partial charge in [0.15, 0.2) is 6.10 Å². The molecule has 0 aromatic heterocycles. The van der Waals surface area contributed by atoms with Gasteiger partial charge in [-0.2, -0.15) is 0 Å². The summed E-state index contributed by atoms with van der Waals surface area (Å²) in [6.45, 7) is 2.25. The lowest BCUT2D eigenvalue weighted by Gasteiger charge is -2.08. The molecular formula is C18H34O3. The molecule has 0 heterocycles. The van der Waals surface area contributed by atoms with Crippen molar-refractivity contribution in [3.63, 3.8) is 0 Å². The zero-order chi connectivity index (χ0) is 15.8. The number of ether oxygens (including phenoxy) is 1. The first-order chi connectivity index (χ1) is 10.2. The minimum Gasteiger partial charge on any atom is -0.479 e. The van der Waals surface area contributed by atoms with Gasteiger partial charge in [-0.25, -0.2) is 4.79 Å². The van der Waals surface area contributed by atoms with Gasteiger partial charge in [0.25, 0.3) is 0 Å². The van der Waals surface area contributed by atoms with Crippen LogP contribution in [0.3, 0.4) is 0 Å². The maximum atomic E-state index is 10.7. The van der Waals surface area contributed by atoms with Crippen molar-refractivity contribution in [2.45, 2.75) is 90.1 Å². The number of carboxylic acid groups (broad SMARTS) is 1. The van der Waals surface area contributed by atoms with E-state index in [-0.39, 0.29) is 0 Å². The normalized spacial score (nSPS) is 12.9. The second kappa shape index (κ2) is 15.6. The fourth-order valence-electron chi connectivity index (χ4n) is 2.40. The molecule has 0 aromatic carbocycles. The predicted octanol–water partition coefficient (Wildman–Crippen LogP) is 5.34. The molecule has 0 aliphatic carbocycles. The average molecular weight is 298 g/mol. The third-order valence-electron chi connectivity index (χ3n) is 3.79. The number of methoxy groups -OCH3 is 1. The average Bonchev–Trinajstić information content (AvgIpc) is 2.47. The molecule has 1 N–H and O–H groups in total. The van der Waals surface area contributed by atoms with Crippen LogP contribution in [0, 0.1) is 0 Å². The smallest absolute Gasteiger partial charge is 0.332 e. The number of hydrogen-bond donors (Lipinski definition) is 1. The Bertz CT molecular complexity index is 261. The Hall–Kier alpha value is -0.830. The van der Waals surface area contributed by atoms with E-state index in [1.165, 1.54) is 58.5 Å². The van der Waals surface area contributed by atoms with Crippen LogP contribution in [0.15, 0.2) is 12.2 Å². The van der Waals surface area contributed by atoms with Crippen molar-refractivity contribution >= 4 is 5.97 Å². The van der Waals surface area contributed by atoms with E-state index in [4.69, 9.17) is 9.84 Å². The molecule has 0 radical (unpaired) electrons. The van der Waals surface area contributed by atoms with E-state index < -0.39 is 12.1 Å². The lowest BCUT2D eigenvalue weighted by Crippen LogP contribution is -2.21. The van der Waals surface area contributed by atoms with Gasteiger partial charge in [0, 0.05) is 7.11 Å². The molecular weight excluding hydrogens is 264 g/mol. The standard InChI is InChI=1S/C18H34O3/c1-3-4-5-6-7-8-9-10-11-12-13-14-15-16-17(21-2)18(19)20/h12-13,17H,3-11,14-16H2,1-2H3,(H,19,20). The Morgan fingerprint density at radius 3 is 2.00 bits per heavy atom. The van der Waals surface area contributed by atoms with Crippen LogP contribution in [0.25, 0.3) is 0 Å². The number of hydrogen-bond acceptors (Lipinski definition) is 2. The van der Waals surface area contributed by atoms with Gasteiger partial charge in [-0.05, 0) is 32.1 Å². The summed E-state index contributed by atoms with van der Waals surface area (Å²) in [6, 6.07) is 0. The Kier molecular flexibility index (Phi) is 14.9. The van der Waals surface area contributed by atoms with Crippen molar-refractivity contribution in [3.8, 4) is 0 Å². The zero-order valence-electron chi connectivity index (χ0n) is 14.0. The lowest BCUT2D eigenvalue weighted by atomic mass is 10.1. The summed E-state index contributed by atoms with van der Waals surface area (Å²) in [4.78, 5) is 10.7. The summed E-state index contributed by atoms with van der Waals surface area (Å²) in [5.74, 6) is -0.861. The number of carboxylic acids is 1. The third-order valence-corrected chi connectivity index (χ3v) is 3.79. The van der Waals surface area contributed by atoms with Crippen molar-refractivity contribution < 1.29 is 14.6 Å². The van der Waals surface area contributed by atoms with E-state index >= 15 is 0 Å². The van der Waals surface area contributed by atoms with Crippen molar-refractivity contribution in [2.24, 2.45) is 0 Å². The third kappa shape index (κ3) is 13.9. The topological polar surface area (TPSA) is 46.5 Å². The summed E-state index contributed by atoms with van der Waals surface area (Å²) < 4.78 is 4.90. The molecule has 0 spiro atoms. The van der Waals surface area contributed by atoms with E-state index in [0.717, 1.165) is 19.3 Å². The van der Waals surface area contributed by atoms with Crippen molar-refractivity contribution in [1.29, 1.82) is 0 Å². The van der Waals surface area contributed by atoms with Gasteiger partial charge in [0.05, 0.1) is 0 Å². The Morgan fingerprint density at radius 1 is 0.952 bits per heavy atom. The summed E-state index contributed by atoms with van der Waals surface area (Å²) >= 11 is 0. The molecule has 0 aliphatic heterocycles. The van der Waals surface area contributed by atoms with Crippen LogP contribution in [-0.2, 0) is 9.53 Å². The maximum absolute atomic E-state index is 10.7. The lowest BCUT2D eigenvalue weighted by molar-refractivity contribution is -0.148. The fraction of sp³-hybridized carbons (Fsp3) is 0.833. The van der Waals surface area contributed by atoms with Crippen LogP contribution < -0.4 is 0 Å². The Labute approximate surface area is 130 Å². The number of allylic oxidation sites excluding steroid dienone is 2. The molecule has 0 aromatic rings. The van der Waals surface area contributed by atoms with Crippen LogP contribution >= 0.6 is 0 Å². The largest absolute Gasteiger partial charge is 0.479 e. The minimum absolute atomic E-state index is 0.591. The van der Waals surface area contributed by atoms with Crippen LogP contribution in [0.5, 0.6) is 0 Å². The molecule has 0 aliphatic rings. The maximum Gasteiger partial charge on any atom is 0.332 e. The molecule has 3 heteroatoms. The van der Waals surface area contributed by atoms with Gasteiger partial charge in [-0.15, -0.1) is 0 Å². The highest BCUT2D eigenvalue weighted by atomic mass is 16.5. The molecule has 0 bridgehead atoms. The summed E-state index contributed by atoms with van der Waals surface area (Å²) in [5, 5.41) is 8.82. The second-order valence-electron chi connectivity index (χ2n) is 5.73. The Balaban J connectivity index is 3.27. The molecule has 0 saturated heterocycles. The molecule has 0 fully saturated rings. The minimum atomic E-state index is -0.861. The summed E-state index contributed by atoms with van der Waals surface area (Å²) in [6.07, 6.45) is 18.2. The predicted molar refractivity (Wildman–Crippen MR) is 88.7 cm³/mol. The number of unbranched alkanes of at least 4 members (excludes halogenated alkanes) is 9. The van der Waals surface area contributed by atoms with E-state index in [0.29, 0.717) is 6.42 Å². The second-order valence-corrected chi connectivity index (χ2v) is 5.73. The molecule has 1 atom stereocenters. The SMILES string of the molecule is CCCCCCCCCCC=CCCCC(OC)C(=O)O. The monoisotopic (exact) mass is 298 g/mol. The Morgan fingerprint density at radius 2 is 1.48 bits per heavy atom.